The summed E-state index contributed by atoms with van der Waals surface area (Å²) in [5, 5.41) is 0. The Kier molecular flexibility index (Phi) is 14.9. The van der Waals surface area contributed by atoms with Crippen LogP contribution in [0.1, 0.15) is 52.7 Å². The van der Waals surface area contributed by atoms with Gasteiger partial charge in [0.2, 0.25) is 0 Å². The highest BCUT2D eigenvalue weighted by atomic mass is 16.8. The van der Waals surface area contributed by atoms with Crippen molar-refractivity contribution in [3.05, 3.63) is 85.0 Å². The van der Waals surface area contributed by atoms with Crippen molar-refractivity contribution in [2.24, 2.45) is 0 Å². The van der Waals surface area contributed by atoms with E-state index in [0.717, 1.165) is 23.3 Å². The summed E-state index contributed by atoms with van der Waals surface area (Å²) in [6.07, 6.45) is -0.00400. The lowest BCUT2D eigenvalue weighted by Crippen LogP contribution is -2.26. The Morgan fingerprint density at radius 1 is 0.628 bits per heavy atom. The normalized spacial score (nSPS) is 14.1. The van der Waals surface area contributed by atoms with Gasteiger partial charge in [0.25, 0.3) is 0 Å². The lowest BCUT2D eigenvalue weighted by molar-refractivity contribution is -0.208. The molecule has 0 amide bonds. The summed E-state index contributed by atoms with van der Waals surface area (Å²) in [6.45, 7) is 18.6. The molecule has 0 saturated carbocycles. The first-order valence-electron chi connectivity index (χ1n) is 14.1. The third kappa shape index (κ3) is 13.0. The van der Waals surface area contributed by atoms with Gasteiger partial charge in [0.15, 0.2) is 25.2 Å². The minimum absolute atomic E-state index is 0.113. The number of hydrogen-bond acceptors (Lipinski definition) is 10. The minimum Gasteiger partial charge on any atom is -0.465 e. The van der Waals surface area contributed by atoms with Crippen molar-refractivity contribution < 1.29 is 47.5 Å². The van der Waals surface area contributed by atoms with E-state index in [0.29, 0.717) is 11.5 Å². The van der Waals surface area contributed by atoms with E-state index in [2.05, 4.69) is 27.0 Å². The van der Waals surface area contributed by atoms with E-state index < -0.39 is 37.1 Å². The molecule has 43 heavy (non-hydrogen) atoms. The van der Waals surface area contributed by atoms with Crippen molar-refractivity contribution in [3.8, 4) is 11.5 Å². The van der Waals surface area contributed by atoms with Gasteiger partial charge in [-0.1, -0.05) is 51.3 Å². The van der Waals surface area contributed by atoms with Gasteiger partial charge in [-0.05, 0) is 63.1 Å². The predicted octanol–water partition coefficient (Wildman–Crippen LogP) is 5.68. The second kappa shape index (κ2) is 18.1. The van der Waals surface area contributed by atoms with Crippen molar-refractivity contribution in [3.63, 3.8) is 0 Å². The fraction of sp³-hybridized carbons (Fsp3) is 0.455. The Balaban J connectivity index is 1.82. The molecule has 0 saturated heterocycles. The van der Waals surface area contributed by atoms with Gasteiger partial charge in [0, 0.05) is 17.6 Å². The second-order valence-electron chi connectivity index (χ2n) is 9.94. The first-order valence-corrected chi connectivity index (χ1v) is 14.1. The summed E-state index contributed by atoms with van der Waals surface area (Å²) in [5.41, 5.74) is 1.93. The van der Waals surface area contributed by atoms with Crippen LogP contribution in [-0.4, -0.2) is 63.5 Å². The van der Waals surface area contributed by atoms with Gasteiger partial charge in [0.1, 0.15) is 24.7 Å². The van der Waals surface area contributed by atoms with Crippen LogP contribution < -0.4 is 9.47 Å². The van der Waals surface area contributed by atoms with E-state index in [9.17, 15) is 9.59 Å². The summed E-state index contributed by atoms with van der Waals surface area (Å²) in [6, 6.07) is 15.7. The zero-order valence-electron chi connectivity index (χ0n) is 25.9. The molecular weight excluding hydrogens is 556 g/mol. The summed E-state index contributed by atoms with van der Waals surface area (Å²) in [5.74, 6) is 0.327. The van der Waals surface area contributed by atoms with Gasteiger partial charge >= 0.3 is 11.9 Å². The van der Waals surface area contributed by atoms with Crippen molar-refractivity contribution in [2.75, 3.05) is 26.4 Å². The third-order valence-electron chi connectivity index (χ3n) is 6.22. The summed E-state index contributed by atoms with van der Waals surface area (Å²) in [4.78, 5) is 22.1. The number of carbonyl (C=O) groups is 2. The molecule has 2 aromatic rings. The van der Waals surface area contributed by atoms with Gasteiger partial charge in [-0.25, -0.2) is 9.59 Å². The lowest BCUT2D eigenvalue weighted by atomic mass is 9.78. The van der Waals surface area contributed by atoms with Crippen LogP contribution in [0.2, 0.25) is 0 Å². The Morgan fingerprint density at radius 3 is 1.30 bits per heavy atom. The van der Waals surface area contributed by atoms with Gasteiger partial charge in [-0.2, -0.15) is 0 Å². The quantitative estimate of drug-likeness (QED) is 0.0815. The molecule has 2 aromatic carbocycles. The van der Waals surface area contributed by atoms with Crippen LogP contribution in [0, 0.1) is 0 Å². The number of benzene rings is 2. The van der Waals surface area contributed by atoms with Gasteiger partial charge in [-0.15, -0.1) is 0 Å². The fourth-order valence-corrected chi connectivity index (χ4v) is 3.95. The Hall–Kier alpha value is -3.70. The molecular formula is C33H44O10. The third-order valence-corrected chi connectivity index (χ3v) is 6.22. The number of rotatable bonds is 20. The highest BCUT2D eigenvalue weighted by molar-refractivity contribution is 5.81. The van der Waals surface area contributed by atoms with Crippen LogP contribution >= 0.6 is 0 Å². The molecule has 0 aliphatic heterocycles. The molecule has 10 heteroatoms. The largest absolute Gasteiger partial charge is 0.465 e. The average molecular weight is 601 g/mol. The van der Waals surface area contributed by atoms with Crippen molar-refractivity contribution in [2.45, 2.75) is 72.1 Å². The standard InChI is InChI=1S/C33H44O10/c1-9-31(34)38-21-19-36-23(3)40-25(5)42-29-15-11-27(12-16-29)33(7,8)28-13-17-30(18-14-28)43-26(6)41-24(4)37-20-22-39-32(35)10-2/h9-18,23-26H,1-2,19-22H2,3-8H3. The summed E-state index contributed by atoms with van der Waals surface area (Å²) >= 11 is 0. The van der Waals surface area contributed by atoms with Gasteiger partial charge in [0.05, 0.1) is 13.2 Å². The average Bonchev–Trinajstić information content (AvgIpc) is 2.97. The monoisotopic (exact) mass is 600 g/mol. The predicted molar refractivity (Wildman–Crippen MR) is 161 cm³/mol. The molecule has 0 spiro atoms. The van der Waals surface area contributed by atoms with Crippen LogP contribution in [0.3, 0.4) is 0 Å². The maximum Gasteiger partial charge on any atom is 0.330 e. The fourth-order valence-electron chi connectivity index (χ4n) is 3.95. The highest BCUT2D eigenvalue weighted by Gasteiger charge is 2.23. The summed E-state index contributed by atoms with van der Waals surface area (Å²) in [7, 11) is 0. The van der Waals surface area contributed by atoms with Crippen molar-refractivity contribution >= 4 is 11.9 Å². The maximum absolute atomic E-state index is 11.1. The molecule has 4 unspecified atom stereocenters. The van der Waals surface area contributed by atoms with E-state index in [1.165, 1.54) is 0 Å². The summed E-state index contributed by atoms with van der Waals surface area (Å²) < 4.78 is 43.9. The van der Waals surface area contributed by atoms with Crippen molar-refractivity contribution in [1.29, 1.82) is 0 Å². The molecule has 0 radical (unpaired) electrons. The number of esters is 2. The molecule has 236 valence electrons. The zero-order valence-corrected chi connectivity index (χ0v) is 25.9. The van der Waals surface area contributed by atoms with E-state index in [4.69, 9.17) is 37.9 Å². The van der Waals surface area contributed by atoms with Gasteiger partial charge < -0.3 is 37.9 Å². The second-order valence-corrected chi connectivity index (χ2v) is 9.94. The van der Waals surface area contributed by atoms with Crippen LogP contribution in [0.25, 0.3) is 0 Å². The van der Waals surface area contributed by atoms with Crippen molar-refractivity contribution in [1.82, 2.24) is 0 Å². The highest BCUT2D eigenvalue weighted by Crippen LogP contribution is 2.33. The first kappa shape index (κ1) is 35.5. The van der Waals surface area contributed by atoms with E-state index in [1.54, 1.807) is 27.7 Å². The molecule has 0 heterocycles. The Labute approximate surface area is 254 Å². The number of carbonyl (C=O) groups excluding carboxylic acids is 2. The topological polar surface area (TPSA) is 108 Å². The molecule has 0 aromatic heterocycles. The zero-order chi connectivity index (χ0) is 31.8. The Bertz CT molecular complexity index is 1050. The molecule has 0 N–H and O–H groups in total. The SMILES string of the molecule is C=CC(=O)OCCOC(C)OC(C)Oc1ccc(C(C)(C)c2ccc(OC(C)OC(C)OCCOC(=O)C=C)cc2)cc1. The van der Waals surface area contributed by atoms with Gasteiger partial charge in [-0.3, -0.25) is 0 Å². The van der Waals surface area contributed by atoms with Crippen LogP contribution in [0.5, 0.6) is 11.5 Å². The molecule has 0 fully saturated rings. The lowest BCUT2D eigenvalue weighted by Gasteiger charge is -2.27. The smallest absolute Gasteiger partial charge is 0.330 e. The Morgan fingerprint density at radius 2 is 0.977 bits per heavy atom. The number of ether oxygens (including phenoxy) is 8. The van der Waals surface area contributed by atoms with Crippen LogP contribution in [-0.2, 0) is 43.4 Å². The number of hydrogen-bond donors (Lipinski definition) is 0. The molecule has 2 rings (SSSR count). The molecule has 10 nitrogen and oxygen atoms in total. The minimum atomic E-state index is -0.555. The molecule has 0 bridgehead atoms. The maximum atomic E-state index is 11.1. The van der Waals surface area contributed by atoms with Crippen LogP contribution in [0.4, 0.5) is 0 Å². The first-order chi connectivity index (χ1) is 20.4. The molecule has 0 aliphatic carbocycles. The van der Waals surface area contributed by atoms with Crippen LogP contribution in [0.15, 0.2) is 73.8 Å². The van der Waals surface area contributed by atoms with E-state index in [-0.39, 0.29) is 31.8 Å². The van der Waals surface area contributed by atoms with E-state index in [1.807, 2.05) is 48.5 Å². The van der Waals surface area contributed by atoms with E-state index >= 15 is 0 Å². The molecule has 4 atom stereocenters. The molecule has 0 aliphatic rings.